The van der Waals surface area contributed by atoms with Gasteiger partial charge in [0.15, 0.2) is 6.61 Å². The SMILES string of the molecule is Cc1ccc(OCC(=O)NCCc2csc(COc3cccnc3)n2)cc1. The second-order valence-corrected chi connectivity index (χ2v) is 6.85. The van der Waals surface area contributed by atoms with E-state index >= 15 is 0 Å². The first-order valence-electron chi connectivity index (χ1n) is 8.61. The number of aromatic nitrogens is 2. The van der Waals surface area contributed by atoms with E-state index < -0.39 is 0 Å². The summed E-state index contributed by atoms with van der Waals surface area (Å²) in [6.07, 6.45) is 4.04. The van der Waals surface area contributed by atoms with Crippen LogP contribution in [0.25, 0.3) is 0 Å². The van der Waals surface area contributed by atoms with Crippen molar-refractivity contribution in [1.29, 1.82) is 0 Å². The Kier molecular flexibility index (Phi) is 6.76. The Bertz CT molecular complexity index is 850. The Balaban J connectivity index is 1.34. The summed E-state index contributed by atoms with van der Waals surface area (Å²) in [5.41, 5.74) is 2.09. The fourth-order valence-electron chi connectivity index (χ4n) is 2.27. The molecule has 0 radical (unpaired) electrons. The van der Waals surface area contributed by atoms with Crippen LogP contribution in [0.1, 0.15) is 16.3 Å². The highest BCUT2D eigenvalue weighted by molar-refractivity contribution is 7.09. The summed E-state index contributed by atoms with van der Waals surface area (Å²) in [5.74, 6) is 1.26. The number of pyridine rings is 1. The number of carbonyl (C=O) groups is 1. The van der Waals surface area contributed by atoms with Gasteiger partial charge in [0.25, 0.3) is 5.91 Å². The zero-order chi connectivity index (χ0) is 18.9. The lowest BCUT2D eigenvalue weighted by Crippen LogP contribution is -2.30. The standard InChI is InChI=1S/C20H21N3O3S/c1-15-4-6-17(7-5-15)25-12-19(24)22-10-8-16-14-27-20(23-16)13-26-18-3-2-9-21-11-18/h2-7,9,11,14H,8,10,12-13H2,1H3,(H,22,24). The molecular weight excluding hydrogens is 362 g/mol. The van der Waals surface area contributed by atoms with Crippen LogP contribution in [0.5, 0.6) is 11.5 Å². The Morgan fingerprint density at radius 2 is 2.00 bits per heavy atom. The maximum Gasteiger partial charge on any atom is 0.257 e. The number of hydrogen-bond acceptors (Lipinski definition) is 6. The Hall–Kier alpha value is -2.93. The fraction of sp³-hybridized carbons (Fsp3) is 0.250. The largest absolute Gasteiger partial charge is 0.485 e. The van der Waals surface area contributed by atoms with Gasteiger partial charge in [-0.25, -0.2) is 4.98 Å². The van der Waals surface area contributed by atoms with E-state index in [1.165, 1.54) is 0 Å². The maximum absolute atomic E-state index is 11.9. The molecule has 3 rings (SSSR count). The van der Waals surface area contributed by atoms with E-state index in [0.717, 1.165) is 22.0 Å². The minimum atomic E-state index is -0.147. The van der Waals surface area contributed by atoms with Crippen LogP contribution in [-0.2, 0) is 17.8 Å². The molecule has 1 N–H and O–H groups in total. The Morgan fingerprint density at radius 3 is 2.78 bits per heavy atom. The molecule has 7 heteroatoms. The molecule has 0 saturated heterocycles. The average Bonchev–Trinajstić information content (AvgIpc) is 3.14. The van der Waals surface area contributed by atoms with Gasteiger partial charge in [0.2, 0.25) is 0 Å². The quantitative estimate of drug-likeness (QED) is 0.614. The lowest BCUT2D eigenvalue weighted by molar-refractivity contribution is -0.123. The molecule has 0 aliphatic heterocycles. The second kappa shape index (κ2) is 9.68. The fourth-order valence-corrected chi connectivity index (χ4v) is 3.01. The van der Waals surface area contributed by atoms with Crippen molar-refractivity contribution in [1.82, 2.24) is 15.3 Å². The molecule has 140 valence electrons. The van der Waals surface area contributed by atoms with Crippen molar-refractivity contribution in [3.8, 4) is 11.5 Å². The smallest absolute Gasteiger partial charge is 0.257 e. The molecule has 27 heavy (non-hydrogen) atoms. The van der Waals surface area contributed by atoms with Crippen molar-refractivity contribution >= 4 is 17.2 Å². The highest BCUT2D eigenvalue weighted by Gasteiger charge is 2.06. The molecule has 0 atom stereocenters. The van der Waals surface area contributed by atoms with Gasteiger partial charge in [-0.2, -0.15) is 0 Å². The summed E-state index contributed by atoms with van der Waals surface area (Å²) < 4.78 is 11.1. The van der Waals surface area contributed by atoms with Crippen molar-refractivity contribution < 1.29 is 14.3 Å². The van der Waals surface area contributed by atoms with Crippen LogP contribution in [-0.4, -0.2) is 29.0 Å². The minimum absolute atomic E-state index is 0.00429. The zero-order valence-corrected chi connectivity index (χ0v) is 15.9. The summed E-state index contributed by atoms with van der Waals surface area (Å²) in [4.78, 5) is 20.4. The summed E-state index contributed by atoms with van der Waals surface area (Å²) >= 11 is 1.54. The van der Waals surface area contributed by atoms with Crippen LogP contribution >= 0.6 is 11.3 Å². The molecule has 2 heterocycles. The molecule has 0 bridgehead atoms. The number of thiazole rings is 1. The predicted molar refractivity (Wildman–Crippen MR) is 104 cm³/mol. The molecule has 0 spiro atoms. The van der Waals surface area contributed by atoms with Gasteiger partial charge in [-0.1, -0.05) is 17.7 Å². The van der Waals surface area contributed by atoms with Gasteiger partial charge in [0.1, 0.15) is 23.1 Å². The molecule has 0 saturated carbocycles. The number of amides is 1. The van der Waals surface area contributed by atoms with Gasteiger partial charge in [-0.3, -0.25) is 9.78 Å². The predicted octanol–water partition coefficient (Wildman–Crippen LogP) is 3.16. The van der Waals surface area contributed by atoms with Crippen LogP contribution in [0.3, 0.4) is 0 Å². The van der Waals surface area contributed by atoms with Gasteiger partial charge in [-0.15, -0.1) is 11.3 Å². The highest BCUT2D eigenvalue weighted by atomic mass is 32.1. The number of benzene rings is 1. The van der Waals surface area contributed by atoms with Crippen LogP contribution in [0.4, 0.5) is 0 Å². The van der Waals surface area contributed by atoms with Crippen LogP contribution in [0.15, 0.2) is 54.2 Å². The maximum atomic E-state index is 11.9. The van der Waals surface area contributed by atoms with E-state index in [-0.39, 0.29) is 12.5 Å². The van der Waals surface area contributed by atoms with Gasteiger partial charge >= 0.3 is 0 Å². The molecule has 3 aromatic rings. The topological polar surface area (TPSA) is 73.3 Å². The molecule has 0 aliphatic carbocycles. The number of ether oxygens (including phenoxy) is 2. The lowest BCUT2D eigenvalue weighted by atomic mass is 10.2. The Labute approximate surface area is 162 Å². The molecule has 1 aromatic carbocycles. The van der Waals surface area contributed by atoms with Gasteiger partial charge < -0.3 is 14.8 Å². The molecule has 6 nitrogen and oxygen atoms in total. The molecule has 0 aliphatic rings. The lowest BCUT2D eigenvalue weighted by Gasteiger charge is -2.07. The van der Waals surface area contributed by atoms with Crippen molar-refractivity contribution in [2.45, 2.75) is 20.0 Å². The van der Waals surface area contributed by atoms with E-state index in [0.29, 0.717) is 25.3 Å². The van der Waals surface area contributed by atoms with Gasteiger partial charge in [0.05, 0.1) is 11.9 Å². The number of nitrogens with one attached hydrogen (secondary N) is 1. The number of hydrogen-bond donors (Lipinski definition) is 1. The second-order valence-electron chi connectivity index (χ2n) is 5.91. The van der Waals surface area contributed by atoms with Gasteiger partial charge in [0, 0.05) is 24.5 Å². The molecule has 0 unspecified atom stereocenters. The van der Waals surface area contributed by atoms with Crippen molar-refractivity contribution in [3.05, 3.63) is 70.4 Å². The third kappa shape index (κ3) is 6.38. The van der Waals surface area contributed by atoms with Crippen molar-refractivity contribution in [2.24, 2.45) is 0 Å². The average molecular weight is 383 g/mol. The molecule has 1 amide bonds. The Morgan fingerprint density at radius 1 is 1.15 bits per heavy atom. The third-order valence-electron chi connectivity index (χ3n) is 3.69. The normalized spacial score (nSPS) is 10.4. The van der Waals surface area contributed by atoms with Crippen LogP contribution in [0.2, 0.25) is 0 Å². The van der Waals surface area contributed by atoms with Gasteiger partial charge in [-0.05, 0) is 31.2 Å². The number of aryl methyl sites for hydroxylation is 1. The molecule has 2 aromatic heterocycles. The monoisotopic (exact) mass is 383 g/mol. The molecule has 0 fully saturated rings. The van der Waals surface area contributed by atoms with E-state index in [1.54, 1.807) is 23.7 Å². The first-order chi connectivity index (χ1) is 13.2. The molecular formula is C20H21N3O3S. The van der Waals surface area contributed by atoms with Crippen molar-refractivity contribution in [2.75, 3.05) is 13.2 Å². The van der Waals surface area contributed by atoms with E-state index in [4.69, 9.17) is 9.47 Å². The summed E-state index contributed by atoms with van der Waals surface area (Å²) in [5, 5.41) is 5.72. The zero-order valence-electron chi connectivity index (χ0n) is 15.1. The number of nitrogens with zero attached hydrogens (tertiary/aromatic N) is 2. The number of rotatable bonds is 9. The summed E-state index contributed by atoms with van der Waals surface area (Å²) in [7, 11) is 0. The van der Waals surface area contributed by atoms with E-state index in [9.17, 15) is 4.79 Å². The van der Waals surface area contributed by atoms with Crippen LogP contribution < -0.4 is 14.8 Å². The summed E-state index contributed by atoms with van der Waals surface area (Å²) in [6.45, 7) is 2.94. The minimum Gasteiger partial charge on any atom is -0.485 e. The first-order valence-corrected chi connectivity index (χ1v) is 9.49. The van der Waals surface area contributed by atoms with Crippen LogP contribution in [0, 0.1) is 6.92 Å². The highest BCUT2D eigenvalue weighted by Crippen LogP contribution is 2.14. The van der Waals surface area contributed by atoms with Crippen molar-refractivity contribution in [3.63, 3.8) is 0 Å². The van der Waals surface area contributed by atoms with E-state index in [2.05, 4.69) is 15.3 Å². The third-order valence-corrected chi connectivity index (χ3v) is 4.56. The summed E-state index contributed by atoms with van der Waals surface area (Å²) in [6, 6.07) is 11.3. The number of carbonyl (C=O) groups excluding carboxylic acids is 1. The first kappa shape index (κ1) is 18.8. The van der Waals surface area contributed by atoms with E-state index in [1.807, 2.05) is 48.7 Å².